The summed E-state index contributed by atoms with van der Waals surface area (Å²) in [5.41, 5.74) is 2.01. The summed E-state index contributed by atoms with van der Waals surface area (Å²) >= 11 is 1.46. The summed E-state index contributed by atoms with van der Waals surface area (Å²) in [6.45, 7) is 5.56. The number of ether oxygens (including phenoxy) is 1. The first-order valence-corrected chi connectivity index (χ1v) is 10.6. The van der Waals surface area contributed by atoms with Crippen molar-refractivity contribution in [1.29, 1.82) is 0 Å². The van der Waals surface area contributed by atoms with Crippen molar-refractivity contribution in [3.63, 3.8) is 0 Å². The zero-order valence-electron chi connectivity index (χ0n) is 16.3. The molecule has 1 atom stereocenters. The topological polar surface area (TPSA) is 62.7 Å². The van der Waals surface area contributed by atoms with Crippen LogP contribution < -0.4 is 0 Å². The number of carbonyl (C=O) groups is 2. The number of aryl methyl sites for hydroxylation is 2. The highest BCUT2D eigenvalue weighted by Crippen LogP contribution is 2.27. The molecule has 148 valence electrons. The van der Waals surface area contributed by atoms with Crippen LogP contribution in [0.15, 0.2) is 30.3 Å². The molecule has 0 saturated carbocycles. The van der Waals surface area contributed by atoms with E-state index in [9.17, 15) is 9.59 Å². The molecule has 2 aromatic rings. The molecule has 2 amide bonds. The molecule has 1 aromatic heterocycles. The summed E-state index contributed by atoms with van der Waals surface area (Å²) in [6, 6.07) is 10.4. The van der Waals surface area contributed by atoms with Crippen LogP contribution in [-0.4, -0.2) is 58.6 Å². The Balaban J connectivity index is 1.40. The molecule has 1 aromatic carbocycles. The van der Waals surface area contributed by atoms with Gasteiger partial charge in [-0.2, -0.15) is 0 Å². The van der Waals surface area contributed by atoms with Crippen LogP contribution in [0.3, 0.4) is 0 Å². The van der Waals surface area contributed by atoms with Gasteiger partial charge in [0.15, 0.2) is 0 Å². The molecule has 2 fully saturated rings. The Hall–Kier alpha value is -2.41. The number of nitrogens with zero attached hydrogens (tertiary/aromatic N) is 3. The Morgan fingerprint density at radius 3 is 2.57 bits per heavy atom. The van der Waals surface area contributed by atoms with Crippen LogP contribution in [0.4, 0.5) is 4.79 Å². The first kappa shape index (κ1) is 18.9. The zero-order valence-corrected chi connectivity index (χ0v) is 17.1. The molecular weight excluding hydrogens is 374 g/mol. The monoisotopic (exact) mass is 399 g/mol. The summed E-state index contributed by atoms with van der Waals surface area (Å²) < 4.78 is 5.37. The molecule has 2 aliphatic heterocycles. The summed E-state index contributed by atoms with van der Waals surface area (Å²) in [5.74, 6) is 0.0615. The van der Waals surface area contributed by atoms with Crippen LogP contribution in [0.1, 0.15) is 38.8 Å². The molecule has 2 aliphatic rings. The second-order valence-electron chi connectivity index (χ2n) is 7.50. The zero-order chi connectivity index (χ0) is 19.7. The van der Waals surface area contributed by atoms with Gasteiger partial charge in [0.05, 0.1) is 16.7 Å². The predicted octanol–water partition coefficient (Wildman–Crippen LogP) is 3.43. The molecule has 0 spiro atoms. The first-order chi connectivity index (χ1) is 13.5. The number of likely N-dealkylation sites (tertiary alicyclic amines) is 1. The molecule has 0 radical (unpaired) electrons. The number of aromatic nitrogens is 1. The van der Waals surface area contributed by atoms with E-state index in [2.05, 4.69) is 17.1 Å². The lowest BCUT2D eigenvalue weighted by Crippen LogP contribution is -2.50. The number of rotatable bonds is 4. The number of carbonyl (C=O) groups excluding carboxylic acids is 2. The Labute approximate surface area is 169 Å². The van der Waals surface area contributed by atoms with Crippen LogP contribution in [-0.2, 0) is 11.2 Å². The van der Waals surface area contributed by atoms with E-state index < -0.39 is 0 Å². The number of cyclic esters (lactones) is 1. The van der Waals surface area contributed by atoms with E-state index in [-0.39, 0.29) is 24.1 Å². The van der Waals surface area contributed by atoms with Crippen molar-refractivity contribution in [3.05, 3.63) is 51.5 Å². The maximum Gasteiger partial charge on any atom is 0.410 e. The predicted molar refractivity (Wildman–Crippen MR) is 108 cm³/mol. The van der Waals surface area contributed by atoms with Crippen molar-refractivity contribution in [2.45, 2.75) is 45.2 Å². The van der Waals surface area contributed by atoms with Gasteiger partial charge in [-0.1, -0.05) is 30.3 Å². The number of thiazole rings is 1. The largest absolute Gasteiger partial charge is 0.447 e. The second-order valence-corrected chi connectivity index (χ2v) is 8.70. The smallest absolute Gasteiger partial charge is 0.410 e. The van der Waals surface area contributed by atoms with Gasteiger partial charge in [-0.25, -0.2) is 9.78 Å². The molecule has 0 unspecified atom stereocenters. The normalized spacial score (nSPS) is 20.5. The molecule has 6 nitrogen and oxygen atoms in total. The third-order valence-corrected chi connectivity index (χ3v) is 6.62. The highest BCUT2D eigenvalue weighted by molar-refractivity contribution is 7.13. The van der Waals surface area contributed by atoms with E-state index >= 15 is 0 Å². The highest BCUT2D eigenvalue weighted by atomic mass is 32.1. The molecule has 4 rings (SSSR count). The third kappa shape index (κ3) is 3.76. The van der Waals surface area contributed by atoms with E-state index in [1.54, 1.807) is 0 Å². The average molecular weight is 400 g/mol. The minimum atomic E-state index is -0.223. The van der Waals surface area contributed by atoms with E-state index in [1.165, 1.54) is 16.9 Å². The summed E-state index contributed by atoms with van der Waals surface area (Å²) in [6.07, 6.45) is 2.14. The van der Waals surface area contributed by atoms with Crippen molar-refractivity contribution >= 4 is 23.3 Å². The van der Waals surface area contributed by atoms with Crippen LogP contribution in [0.25, 0.3) is 0 Å². The van der Waals surface area contributed by atoms with Crippen molar-refractivity contribution in [1.82, 2.24) is 14.8 Å². The Bertz CT molecular complexity index is 859. The average Bonchev–Trinajstić information content (AvgIpc) is 3.23. The van der Waals surface area contributed by atoms with Crippen molar-refractivity contribution < 1.29 is 14.3 Å². The summed E-state index contributed by atoms with van der Waals surface area (Å²) in [7, 11) is 0. The second kappa shape index (κ2) is 7.91. The molecule has 2 saturated heterocycles. The number of hydrogen-bond donors (Lipinski definition) is 0. The fourth-order valence-corrected chi connectivity index (χ4v) is 5.07. The van der Waals surface area contributed by atoms with Gasteiger partial charge in [-0.05, 0) is 38.7 Å². The lowest BCUT2D eigenvalue weighted by atomic mass is 9.99. The van der Waals surface area contributed by atoms with E-state index in [0.717, 1.165) is 34.8 Å². The molecule has 7 heteroatoms. The molecule has 0 N–H and O–H groups in total. The Morgan fingerprint density at radius 1 is 1.21 bits per heavy atom. The van der Waals surface area contributed by atoms with Crippen molar-refractivity contribution in [2.24, 2.45) is 0 Å². The van der Waals surface area contributed by atoms with Gasteiger partial charge in [0.1, 0.15) is 11.5 Å². The number of hydrogen-bond acceptors (Lipinski definition) is 5. The molecule has 0 bridgehead atoms. The molecule has 3 heterocycles. The van der Waals surface area contributed by atoms with Gasteiger partial charge in [0.2, 0.25) is 0 Å². The van der Waals surface area contributed by atoms with Crippen LogP contribution in [0.2, 0.25) is 0 Å². The highest BCUT2D eigenvalue weighted by Gasteiger charge is 2.40. The SMILES string of the molecule is Cc1nc(C)c(C(=O)N2CCC(N3C(=O)OC[C@H]3Cc3ccccc3)CC2)s1. The summed E-state index contributed by atoms with van der Waals surface area (Å²) in [5, 5.41) is 0.916. The minimum Gasteiger partial charge on any atom is -0.447 e. The molecule has 28 heavy (non-hydrogen) atoms. The lowest BCUT2D eigenvalue weighted by molar-refractivity contribution is 0.0640. The lowest BCUT2D eigenvalue weighted by Gasteiger charge is -2.37. The van der Waals surface area contributed by atoms with Crippen molar-refractivity contribution in [2.75, 3.05) is 19.7 Å². The fraction of sp³-hybridized carbons (Fsp3) is 0.476. The van der Waals surface area contributed by atoms with Gasteiger partial charge in [-0.3, -0.25) is 9.69 Å². The van der Waals surface area contributed by atoms with E-state index in [1.807, 2.05) is 41.8 Å². The van der Waals surface area contributed by atoms with Crippen molar-refractivity contribution in [3.8, 4) is 0 Å². The standard InChI is InChI=1S/C21H25N3O3S/c1-14-19(28-15(2)22-14)20(25)23-10-8-17(9-11-23)24-18(13-27-21(24)26)12-16-6-4-3-5-7-16/h3-7,17-18H,8-13H2,1-2H3/t18-/m1/s1. The van der Waals surface area contributed by atoms with Gasteiger partial charge in [0.25, 0.3) is 5.91 Å². The minimum absolute atomic E-state index is 0.0615. The fourth-order valence-electron chi connectivity index (χ4n) is 4.18. The van der Waals surface area contributed by atoms with E-state index in [0.29, 0.717) is 19.7 Å². The van der Waals surface area contributed by atoms with E-state index in [4.69, 9.17) is 4.74 Å². The number of amides is 2. The van der Waals surface area contributed by atoms with Gasteiger partial charge >= 0.3 is 6.09 Å². The summed E-state index contributed by atoms with van der Waals surface area (Å²) in [4.78, 5) is 34.1. The maximum absolute atomic E-state index is 12.8. The van der Waals surface area contributed by atoms with Crippen LogP contribution in [0, 0.1) is 13.8 Å². The third-order valence-electron chi connectivity index (χ3n) is 5.56. The number of benzene rings is 1. The van der Waals surface area contributed by atoms with Crippen LogP contribution in [0.5, 0.6) is 0 Å². The molecule has 0 aliphatic carbocycles. The Morgan fingerprint density at radius 2 is 1.93 bits per heavy atom. The van der Waals surface area contributed by atoms with Gasteiger partial charge < -0.3 is 9.64 Å². The van der Waals surface area contributed by atoms with Gasteiger partial charge in [0, 0.05) is 19.1 Å². The Kier molecular flexibility index (Phi) is 5.35. The maximum atomic E-state index is 12.8. The quantitative estimate of drug-likeness (QED) is 0.790. The van der Waals surface area contributed by atoms with Crippen LogP contribution >= 0.6 is 11.3 Å². The first-order valence-electron chi connectivity index (χ1n) is 9.75. The van der Waals surface area contributed by atoms with Gasteiger partial charge in [-0.15, -0.1) is 11.3 Å². The molecular formula is C21H25N3O3S. The number of piperidine rings is 1.